The highest BCUT2D eigenvalue weighted by Gasteiger charge is 2.40. The van der Waals surface area contributed by atoms with E-state index in [1.807, 2.05) is 62.2 Å². The minimum Gasteiger partial charge on any atom is -0.385 e. The van der Waals surface area contributed by atoms with Crippen LogP contribution in [0.2, 0.25) is 0 Å². The molecule has 1 aliphatic rings. The van der Waals surface area contributed by atoms with Crippen LogP contribution in [0.5, 0.6) is 0 Å². The first-order chi connectivity index (χ1) is 12.4. The van der Waals surface area contributed by atoms with Gasteiger partial charge in [-0.1, -0.05) is 63.2 Å². The molecule has 0 aliphatic carbocycles. The molecule has 5 nitrogen and oxygen atoms in total. The fourth-order valence-corrected chi connectivity index (χ4v) is 3.26. The van der Waals surface area contributed by atoms with Crippen molar-refractivity contribution in [3.05, 3.63) is 76.3 Å². The maximum atomic E-state index is 13.2. The lowest BCUT2D eigenvalue weighted by molar-refractivity contribution is 0.0512. The van der Waals surface area contributed by atoms with Gasteiger partial charge in [-0.25, -0.2) is 9.66 Å². The summed E-state index contributed by atoms with van der Waals surface area (Å²) in [6.45, 7) is 6.56. The minimum absolute atomic E-state index is 0.128. The zero-order valence-electron chi connectivity index (χ0n) is 15.3. The number of nitrogens with zero attached hydrogens (tertiary/aromatic N) is 3. The van der Waals surface area contributed by atoms with E-state index in [1.54, 1.807) is 10.7 Å². The van der Waals surface area contributed by atoms with Crippen LogP contribution in [-0.2, 0) is 0 Å². The third kappa shape index (κ3) is 2.78. The summed E-state index contributed by atoms with van der Waals surface area (Å²) in [5.74, 6) is 0.402. The summed E-state index contributed by atoms with van der Waals surface area (Å²) < 4.78 is 1.58. The molecule has 4 rings (SSSR count). The first kappa shape index (κ1) is 16.8. The van der Waals surface area contributed by atoms with Crippen molar-refractivity contribution in [2.24, 2.45) is 5.41 Å². The summed E-state index contributed by atoms with van der Waals surface area (Å²) in [7, 11) is 0. The largest absolute Gasteiger partial charge is 0.385 e. The van der Waals surface area contributed by atoms with Crippen molar-refractivity contribution in [2.75, 3.05) is 11.6 Å². The van der Waals surface area contributed by atoms with Crippen molar-refractivity contribution < 1.29 is 5.11 Å². The normalized spacial score (nSPS) is 18.2. The van der Waals surface area contributed by atoms with E-state index in [0.29, 0.717) is 16.7 Å². The molecule has 26 heavy (non-hydrogen) atoms. The summed E-state index contributed by atoms with van der Waals surface area (Å²) in [5, 5.41) is 13.4. The average molecular weight is 349 g/mol. The molecule has 0 bridgehead atoms. The van der Waals surface area contributed by atoms with Crippen molar-refractivity contribution in [3.8, 4) is 0 Å². The van der Waals surface area contributed by atoms with Crippen molar-refractivity contribution in [1.82, 2.24) is 9.66 Å². The zero-order valence-corrected chi connectivity index (χ0v) is 15.3. The molecule has 2 atom stereocenters. The van der Waals surface area contributed by atoms with Gasteiger partial charge in [0.25, 0.3) is 5.56 Å². The summed E-state index contributed by atoms with van der Waals surface area (Å²) >= 11 is 0. The Kier molecular flexibility index (Phi) is 3.84. The fourth-order valence-electron chi connectivity index (χ4n) is 3.26. The highest BCUT2D eigenvalue weighted by molar-refractivity contribution is 5.77. The van der Waals surface area contributed by atoms with Gasteiger partial charge in [0.05, 0.1) is 23.5 Å². The van der Waals surface area contributed by atoms with Crippen LogP contribution in [0.15, 0.2) is 59.4 Å². The SMILES string of the molecule is CC(C)(C)[C@@H](O)c1nc2ccccc2c(=O)n1N1C[C@H]1c1ccccc1. The average Bonchev–Trinajstić information content (AvgIpc) is 3.41. The van der Waals surface area contributed by atoms with Crippen LogP contribution in [0.1, 0.15) is 44.3 Å². The molecule has 0 spiro atoms. The van der Waals surface area contributed by atoms with Crippen LogP contribution in [0, 0.1) is 5.41 Å². The van der Waals surface area contributed by atoms with Crippen LogP contribution >= 0.6 is 0 Å². The summed E-state index contributed by atoms with van der Waals surface area (Å²) in [6, 6.07) is 17.5. The summed E-state index contributed by atoms with van der Waals surface area (Å²) in [4.78, 5) is 17.9. The summed E-state index contributed by atoms with van der Waals surface area (Å²) in [6.07, 6.45) is -0.850. The highest BCUT2D eigenvalue weighted by atomic mass is 16.3. The van der Waals surface area contributed by atoms with Gasteiger partial charge in [0.1, 0.15) is 6.10 Å². The lowest BCUT2D eigenvalue weighted by Gasteiger charge is -2.28. The molecule has 3 aromatic rings. The van der Waals surface area contributed by atoms with Crippen LogP contribution in [0.3, 0.4) is 0 Å². The van der Waals surface area contributed by atoms with Crippen LogP contribution in [0.25, 0.3) is 10.9 Å². The van der Waals surface area contributed by atoms with Crippen LogP contribution in [0.4, 0.5) is 0 Å². The van der Waals surface area contributed by atoms with Crippen LogP contribution < -0.4 is 10.6 Å². The standard InChI is InChI=1S/C21H23N3O2/c1-21(2,3)18(25)19-22-16-12-8-7-11-15(16)20(26)24(19)23-13-17(23)14-9-5-4-6-10-14/h4-12,17-18,25H,13H2,1-3H3/t17-,18-,23?/m0/s1. The van der Waals surface area contributed by atoms with Crippen molar-refractivity contribution in [1.29, 1.82) is 0 Å². The Balaban J connectivity index is 1.88. The quantitative estimate of drug-likeness (QED) is 0.738. The smallest absolute Gasteiger partial charge is 0.280 e. The van der Waals surface area contributed by atoms with Gasteiger partial charge >= 0.3 is 0 Å². The number of aliphatic hydroxyl groups excluding tert-OH is 1. The number of para-hydroxylation sites is 1. The number of hydrogen-bond acceptors (Lipinski definition) is 4. The first-order valence-corrected chi connectivity index (χ1v) is 8.89. The number of fused-ring (bicyclic) bond motifs is 1. The second kappa shape index (κ2) is 5.95. The Morgan fingerprint density at radius 1 is 1.08 bits per heavy atom. The maximum Gasteiger partial charge on any atom is 0.280 e. The van der Waals surface area contributed by atoms with Gasteiger partial charge in [-0.05, 0) is 23.1 Å². The summed E-state index contributed by atoms with van der Waals surface area (Å²) in [5.41, 5.74) is 1.21. The van der Waals surface area contributed by atoms with E-state index in [4.69, 9.17) is 0 Å². The van der Waals surface area contributed by atoms with E-state index in [1.165, 1.54) is 0 Å². The second-order valence-electron chi connectivity index (χ2n) is 7.92. The molecule has 1 saturated heterocycles. The molecule has 1 aliphatic heterocycles. The van der Waals surface area contributed by atoms with Gasteiger partial charge in [0.15, 0.2) is 5.82 Å². The molecule has 1 N–H and O–H groups in total. The molecule has 0 saturated carbocycles. The number of aromatic nitrogens is 2. The maximum absolute atomic E-state index is 13.2. The second-order valence-corrected chi connectivity index (χ2v) is 7.92. The van der Waals surface area contributed by atoms with Gasteiger partial charge in [-0.3, -0.25) is 9.80 Å². The molecule has 2 heterocycles. The fraction of sp³-hybridized carbons (Fsp3) is 0.333. The minimum atomic E-state index is -0.850. The molecule has 0 radical (unpaired) electrons. The monoisotopic (exact) mass is 349 g/mol. The van der Waals surface area contributed by atoms with E-state index >= 15 is 0 Å². The molecule has 1 aromatic heterocycles. The molecular weight excluding hydrogens is 326 g/mol. The molecule has 5 heteroatoms. The Hall–Kier alpha value is -2.66. The number of aliphatic hydroxyl groups is 1. The first-order valence-electron chi connectivity index (χ1n) is 8.89. The molecular formula is C21H23N3O2. The molecule has 134 valence electrons. The molecule has 0 amide bonds. The van der Waals surface area contributed by atoms with Crippen molar-refractivity contribution in [2.45, 2.75) is 32.9 Å². The number of benzene rings is 2. The van der Waals surface area contributed by atoms with E-state index < -0.39 is 11.5 Å². The zero-order chi connectivity index (χ0) is 18.5. The predicted octanol–water partition coefficient (Wildman–Crippen LogP) is 3.17. The van der Waals surface area contributed by atoms with Gasteiger partial charge in [-0.15, -0.1) is 0 Å². The van der Waals surface area contributed by atoms with Gasteiger partial charge in [0, 0.05) is 0 Å². The van der Waals surface area contributed by atoms with E-state index in [0.717, 1.165) is 12.1 Å². The Labute approximate surface area is 152 Å². The number of hydrogen-bond donors (Lipinski definition) is 1. The Morgan fingerprint density at radius 2 is 1.73 bits per heavy atom. The van der Waals surface area contributed by atoms with E-state index in [2.05, 4.69) is 17.1 Å². The van der Waals surface area contributed by atoms with Crippen molar-refractivity contribution >= 4 is 10.9 Å². The third-order valence-corrected chi connectivity index (χ3v) is 4.87. The third-order valence-electron chi connectivity index (χ3n) is 4.87. The topological polar surface area (TPSA) is 58.1 Å². The van der Waals surface area contributed by atoms with E-state index in [-0.39, 0.29) is 11.6 Å². The van der Waals surface area contributed by atoms with Gasteiger partial charge in [-0.2, -0.15) is 0 Å². The highest BCUT2D eigenvalue weighted by Crippen LogP contribution is 2.36. The lowest BCUT2D eigenvalue weighted by Crippen LogP contribution is -2.36. The predicted molar refractivity (Wildman–Crippen MR) is 103 cm³/mol. The van der Waals surface area contributed by atoms with Gasteiger partial charge < -0.3 is 5.11 Å². The van der Waals surface area contributed by atoms with E-state index in [9.17, 15) is 9.90 Å². The number of rotatable bonds is 3. The van der Waals surface area contributed by atoms with Crippen molar-refractivity contribution in [3.63, 3.8) is 0 Å². The van der Waals surface area contributed by atoms with Gasteiger partial charge in [0.2, 0.25) is 0 Å². The lowest BCUT2D eigenvalue weighted by atomic mass is 9.88. The molecule has 2 aromatic carbocycles. The Bertz CT molecular complexity index is 1010. The van der Waals surface area contributed by atoms with Crippen LogP contribution in [-0.4, -0.2) is 21.3 Å². The molecule has 0 unspecified atom stereocenters. The Morgan fingerprint density at radius 3 is 2.42 bits per heavy atom. The molecule has 1 fully saturated rings.